The van der Waals surface area contributed by atoms with Gasteiger partial charge in [0.25, 0.3) is 5.91 Å². The summed E-state index contributed by atoms with van der Waals surface area (Å²) >= 11 is 0. The van der Waals surface area contributed by atoms with Crippen molar-refractivity contribution in [3.8, 4) is 0 Å². The highest BCUT2D eigenvalue weighted by Crippen LogP contribution is 2.18. The van der Waals surface area contributed by atoms with Crippen LogP contribution >= 0.6 is 0 Å². The van der Waals surface area contributed by atoms with Crippen LogP contribution in [0, 0.1) is 5.92 Å². The number of hydrogen-bond donors (Lipinski definition) is 2. The molecule has 5 nitrogen and oxygen atoms in total. The Morgan fingerprint density at radius 3 is 2.85 bits per heavy atom. The van der Waals surface area contributed by atoms with Crippen LogP contribution in [0.2, 0.25) is 0 Å². The minimum Gasteiger partial charge on any atom is -0.354 e. The number of rotatable bonds is 6. The summed E-state index contributed by atoms with van der Waals surface area (Å²) in [6.07, 6.45) is 7.26. The minimum atomic E-state index is -0.0915. The molecule has 0 unspecified atom stereocenters. The first-order valence-electron chi connectivity index (χ1n) is 7.53. The van der Waals surface area contributed by atoms with Gasteiger partial charge in [-0.15, -0.1) is 0 Å². The summed E-state index contributed by atoms with van der Waals surface area (Å²) in [5.74, 6) is 1.08. The van der Waals surface area contributed by atoms with E-state index in [-0.39, 0.29) is 5.91 Å². The Morgan fingerprint density at radius 2 is 2.15 bits per heavy atom. The summed E-state index contributed by atoms with van der Waals surface area (Å²) in [5, 5.41) is 6.20. The highest BCUT2D eigenvalue weighted by molar-refractivity contribution is 5.92. The van der Waals surface area contributed by atoms with Gasteiger partial charge >= 0.3 is 0 Å². The normalized spacial score (nSPS) is 15.6. The number of hydrogen-bond acceptors (Lipinski definition) is 4. The molecule has 1 aliphatic rings. The lowest BCUT2D eigenvalue weighted by Crippen LogP contribution is -2.33. The third kappa shape index (κ3) is 4.47. The Labute approximate surface area is 120 Å². The van der Waals surface area contributed by atoms with Gasteiger partial charge in [0.15, 0.2) is 0 Å². The lowest BCUT2D eigenvalue weighted by atomic mass is 10.1. The quantitative estimate of drug-likeness (QED) is 0.838. The molecule has 2 rings (SSSR count). The van der Waals surface area contributed by atoms with E-state index in [1.807, 2.05) is 0 Å². The van der Waals surface area contributed by atoms with Crippen LogP contribution in [-0.2, 0) is 0 Å². The molecule has 5 heteroatoms. The maximum absolute atomic E-state index is 12.1. The smallest absolute Gasteiger partial charge is 0.270 e. The molecule has 1 aromatic heterocycles. The molecule has 0 atom stereocenters. The van der Waals surface area contributed by atoms with Crippen LogP contribution in [0.5, 0.6) is 0 Å². The van der Waals surface area contributed by atoms with E-state index < -0.39 is 0 Å². The van der Waals surface area contributed by atoms with Crippen molar-refractivity contribution in [1.82, 2.24) is 15.3 Å². The molecule has 1 fully saturated rings. The van der Waals surface area contributed by atoms with Crippen LogP contribution in [0.4, 0.5) is 5.95 Å². The molecule has 0 aromatic carbocycles. The Hall–Kier alpha value is -1.65. The zero-order valence-corrected chi connectivity index (χ0v) is 12.4. The number of amides is 1. The molecule has 1 saturated carbocycles. The average molecular weight is 276 g/mol. The first-order chi connectivity index (χ1) is 9.65. The molecule has 110 valence electrons. The fourth-order valence-corrected chi connectivity index (χ4v) is 2.37. The van der Waals surface area contributed by atoms with Gasteiger partial charge in [-0.25, -0.2) is 9.97 Å². The molecule has 0 saturated heterocycles. The van der Waals surface area contributed by atoms with Crippen LogP contribution in [0.1, 0.15) is 56.4 Å². The maximum atomic E-state index is 12.1. The van der Waals surface area contributed by atoms with Gasteiger partial charge in [-0.2, -0.15) is 0 Å². The van der Waals surface area contributed by atoms with Crippen molar-refractivity contribution in [2.45, 2.75) is 52.0 Å². The summed E-state index contributed by atoms with van der Waals surface area (Å²) in [5.41, 5.74) is 0.443. The second-order valence-electron chi connectivity index (χ2n) is 5.83. The van der Waals surface area contributed by atoms with Crippen LogP contribution in [0.3, 0.4) is 0 Å². The van der Waals surface area contributed by atoms with Gasteiger partial charge in [0.2, 0.25) is 5.95 Å². The van der Waals surface area contributed by atoms with Crippen molar-refractivity contribution < 1.29 is 4.79 Å². The lowest BCUT2D eigenvalue weighted by Gasteiger charge is -2.12. The van der Waals surface area contributed by atoms with Crippen molar-refractivity contribution in [1.29, 1.82) is 0 Å². The third-order valence-corrected chi connectivity index (χ3v) is 3.58. The molecule has 0 bridgehead atoms. The van der Waals surface area contributed by atoms with Crippen molar-refractivity contribution >= 4 is 11.9 Å². The van der Waals surface area contributed by atoms with Gasteiger partial charge in [0.05, 0.1) is 0 Å². The summed E-state index contributed by atoms with van der Waals surface area (Å²) < 4.78 is 0. The topological polar surface area (TPSA) is 66.9 Å². The zero-order chi connectivity index (χ0) is 14.4. The van der Waals surface area contributed by atoms with Gasteiger partial charge in [0.1, 0.15) is 5.69 Å². The first-order valence-corrected chi connectivity index (χ1v) is 7.53. The Morgan fingerprint density at radius 1 is 1.40 bits per heavy atom. The van der Waals surface area contributed by atoms with Crippen LogP contribution < -0.4 is 10.6 Å². The molecular weight excluding hydrogens is 252 g/mol. The van der Waals surface area contributed by atoms with E-state index in [0.29, 0.717) is 23.6 Å². The van der Waals surface area contributed by atoms with Crippen molar-refractivity contribution in [3.63, 3.8) is 0 Å². The van der Waals surface area contributed by atoms with E-state index in [2.05, 4.69) is 34.4 Å². The molecular formula is C15H24N4O. The number of aromatic nitrogens is 2. The number of carbonyl (C=O) groups is 1. The lowest BCUT2D eigenvalue weighted by molar-refractivity contribution is 0.0933. The van der Waals surface area contributed by atoms with E-state index in [1.54, 1.807) is 12.3 Å². The number of nitrogens with zero attached hydrogens (tertiary/aromatic N) is 2. The molecule has 20 heavy (non-hydrogen) atoms. The number of nitrogens with one attached hydrogen (secondary N) is 2. The van der Waals surface area contributed by atoms with Crippen LogP contribution in [0.25, 0.3) is 0 Å². The summed E-state index contributed by atoms with van der Waals surface area (Å²) in [6.45, 7) is 5.17. The van der Waals surface area contributed by atoms with Gasteiger partial charge in [-0.05, 0) is 31.2 Å². The van der Waals surface area contributed by atoms with E-state index in [4.69, 9.17) is 0 Å². The third-order valence-electron chi connectivity index (χ3n) is 3.58. The molecule has 0 spiro atoms. The van der Waals surface area contributed by atoms with Gasteiger partial charge in [-0.3, -0.25) is 4.79 Å². The van der Waals surface area contributed by atoms with Gasteiger partial charge < -0.3 is 10.6 Å². The summed E-state index contributed by atoms with van der Waals surface area (Å²) in [4.78, 5) is 20.5. The van der Waals surface area contributed by atoms with Gasteiger partial charge in [0, 0.05) is 18.8 Å². The zero-order valence-electron chi connectivity index (χ0n) is 12.4. The molecule has 0 aliphatic heterocycles. The average Bonchev–Trinajstić information content (AvgIpc) is 2.91. The highest BCUT2D eigenvalue weighted by Gasteiger charge is 2.18. The molecule has 1 heterocycles. The van der Waals surface area contributed by atoms with Crippen LogP contribution in [-0.4, -0.2) is 28.5 Å². The van der Waals surface area contributed by atoms with Crippen LogP contribution in [0.15, 0.2) is 12.3 Å². The number of anilines is 1. The Bertz CT molecular complexity index is 441. The SMILES string of the molecule is CC(C)CCNc1nccc(C(=O)NC2CCCC2)n1. The predicted octanol–water partition coefficient (Wildman–Crippen LogP) is 2.61. The largest absolute Gasteiger partial charge is 0.354 e. The fraction of sp³-hybridized carbons (Fsp3) is 0.667. The van der Waals surface area contributed by atoms with E-state index in [1.165, 1.54) is 12.8 Å². The monoisotopic (exact) mass is 276 g/mol. The predicted molar refractivity (Wildman–Crippen MR) is 79.7 cm³/mol. The molecule has 2 N–H and O–H groups in total. The summed E-state index contributed by atoms with van der Waals surface area (Å²) in [6, 6.07) is 1.98. The van der Waals surface area contributed by atoms with E-state index in [0.717, 1.165) is 25.8 Å². The molecule has 1 amide bonds. The van der Waals surface area contributed by atoms with E-state index >= 15 is 0 Å². The van der Waals surface area contributed by atoms with Crippen molar-refractivity contribution in [3.05, 3.63) is 18.0 Å². The second-order valence-corrected chi connectivity index (χ2v) is 5.83. The Balaban J connectivity index is 1.89. The van der Waals surface area contributed by atoms with Crippen molar-refractivity contribution in [2.75, 3.05) is 11.9 Å². The Kier molecular flexibility index (Phi) is 5.32. The maximum Gasteiger partial charge on any atom is 0.270 e. The molecule has 1 aromatic rings. The van der Waals surface area contributed by atoms with E-state index in [9.17, 15) is 4.79 Å². The summed E-state index contributed by atoms with van der Waals surface area (Å²) in [7, 11) is 0. The van der Waals surface area contributed by atoms with Crippen molar-refractivity contribution in [2.24, 2.45) is 5.92 Å². The molecule has 0 radical (unpaired) electrons. The van der Waals surface area contributed by atoms with Gasteiger partial charge in [-0.1, -0.05) is 26.7 Å². The highest BCUT2D eigenvalue weighted by atomic mass is 16.1. The minimum absolute atomic E-state index is 0.0915. The number of carbonyl (C=O) groups excluding carboxylic acids is 1. The standard InChI is InChI=1S/C15H24N4O/c1-11(2)7-9-16-15-17-10-8-13(19-15)14(20)18-12-5-3-4-6-12/h8,10-12H,3-7,9H2,1-2H3,(H,18,20)(H,16,17,19). The second kappa shape index (κ2) is 7.22. The first kappa shape index (κ1) is 14.8. The molecule has 1 aliphatic carbocycles. The fourth-order valence-electron chi connectivity index (χ4n) is 2.37.